The molecule has 0 saturated carbocycles. The summed E-state index contributed by atoms with van der Waals surface area (Å²) in [6.07, 6.45) is 1.65. The Morgan fingerprint density at radius 3 is 2.81 bits per heavy atom. The SMILES string of the molecule is CCOC(=O)C1=C(C)NC(c2ccccn2)=NC1c1ccc(F)cc1Cl. The monoisotopic (exact) mass is 373 g/mol. The van der Waals surface area contributed by atoms with E-state index in [0.717, 1.165) is 0 Å². The predicted octanol–water partition coefficient (Wildman–Crippen LogP) is 3.80. The van der Waals surface area contributed by atoms with E-state index in [2.05, 4.69) is 15.3 Å². The standard InChI is InChI=1S/C19H17ClFN3O2/c1-3-26-19(25)16-11(2)23-18(15-6-4-5-9-22-15)24-17(16)13-8-7-12(21)10-14(13)20/h4-10,17H,3H2,1-2H3,(H,23,24). The van der Waals surface area contributed by atoms with Gasteiger partial charge in [-0.15, -0.1) is 0 Å². The maximum absolute atomic E-state index is 13.5. The van der Waals surface area contributed by atoms with E-state index >= 15 is 0 Å². The number of aliphatic imine (C=N–C) groups is 1. The molecule has 1 unspecified atom stereocenters. The van der Waals surface area contributed by atoms with E-state index < -0.39 is 17.8 Å². The van der Waals surface area contributed by atoms with Crippen molar-refractivity contribution in [2.75, 3.05) is 6.61 Å². The molecule has 1 aliphatic rings. The van der Waals surface area contributed by atoms with E-state index in [-0.39, 0.29) is 11.6 Å². The average Bonchev–Trinajstić information content (AvgIpc) is 2.62. The highest BCUT2D eigenvalue weighted by atomic mass is 35.5. The minimum Gasteiger partial charge on any atom is -0.463 e. The van der Waals surface area contributed by atoms with E-state index in [9.17, 15) is 9.18 Å². The summed E-state index contributed by atoms with van der Waals surface area (Å²) in [5.41, 5.74) is 2.06. The Hall–Kier alpha value is -2.73. The van der Waals surface area contributed by atoms with Crippen LogP contribution in [-0.4, -0.2) is 23.4 Å². The smallest absolute Gasteiger partial charge is 0.338 e. The molecule has 26 heavy (non-hydrogen) atoms. The van der Waals surface area contributed by atoms with Crippen molar-refractivity contribution >= 4 is 23.4 Å². The second kappa shape index (κ2) is 7.66. The van der Waals surface area contributed by atoms with Gasteiger partial charge in [-0.2, -0.15) is 0 Å². The number of pyridine rings is 1. The van der Waals surface area contributed by atoms with Gasteiger partial charge in [-0.3, -0.25) is 9.98 Å². The molecule has 1 aliphatic heterocycles. The number of carbonyl (C=O) groups excluding carboxylic acids is 1. The molecule has 134 valence electrons. The van der Waals surface area contributed by atoms with Crippen molar-refractivity contribution < 1.29 is 13.9 Å². The van der Waals surface area contributed by atoms with Gasteiger partial charge in [0.05, 0.1) is 12.2 Å². The Bertz CT molecular complexity index is 897. The summed E-state index contributed by atoms with van der Waals surface area (Å²) in [5.74, 6) is -0.451. The number of carbonyl (C=O) groups is 1. The molecule has 0 aliphatic carbocycles. The van der Waals surface area contributed by atoms with Gasteiger partial charge in [-0.1, -0.05) is 23.7 Å². The number of hydrogen-bond acceptors (Lipinski definition) is 5. The molecular weight excluding hydrogens is 357 g/mol. The number of benzene rings is 1. The zero-order valence-electron chi connectivity index (χ0n) is 14.3. The lowest BCUT2D eigenvalue weighted by Gasteiger charge is -2.26. The van der Waals surface area contributed by atoms with E-state index in [0.29, 0.717) is 28.4 Å². The van der Waals surface area contributed by atoms with Crippen LogP contribution >= 0.6 is 11.6 Å². The van der Waals surface area contributed by atoms with Crippen molar-refractivity contribution in [1.29, 1.82) is 0 Å². The van der Waals surface area contributed by atoms with E-state index in [4.69, 9.17) is 16.3 Å². The minimum atomic E-state index is -0.722. The molecule has 3 rings (SSSR count). The van der Waals surface area contributed by atoms with Gasteiger partial charge in [-0.05, 0) is 38.1 Å². The van der Waals surface area contributed by atoms with Crippen molar-refractivity contribution in [3.63, 3.8) is 0 Å². The van der Waals surface area contributed by atoms with Crippen LogP contribution in [0.5, 0.6) is 0 Å². The fourth-order valence-electron chi connectivity index (χ4n) is 2.73. The van der Waals surface area contributed by atoms with Gasteiger partial charge in [0.15, 0.2) is 5.84 Å². The fourth-order valence-corrected chi connectivity index (χ4v) is 3.00. The molecule has 0 amide bonds. The summed E-state index contributed by atoms with van der Waals surface area (Å²) >= 11 is 6.23. The summed E-state index contributed by atoms with van der Waals surface area (Å²) in [4.78, 5) is 21.4. The minimum absolute atomic E-state index is 0.190. The van der Waals surface area contributed by atoms with Gasteiger partial charge in [0.2, 0.25) is 0 Å². The first kappa shape index (κ1) is 18.1. The molecule has 2 aromatic rings. The zero-order chi connectivity index (χ0) is 18.7. The number of aromatic nitrogens is 1. The maximum atomic E-state index is 13.5. The summed E-state index contributed by atoms with van der Waals surface area (Å²) in [5, 5.41) is 3.29. The van der Waals surface area contributed by atoms with Gasteiger partial charge in [0.25, 0.3) is 0 Å². The van der Waals surface area contributed by atoms with Crippen LogP contribution in [0.4, 0.5) is 4.39 Å². The summed E-state index contributed by atoms with van der Waals surface area (Å²) in [6, 6.07) is 8.74. The molecule has 7 heteroatoms. The average molecular weight is 374 g/mol. The maximum Gasteiger partial charge on any atom is 0.338 e. The number of esters is 1. The largest absolute Gasteiger partial charge is 0.463 e. The molecule has 1 atom stereocenters. The number of allylic oxidation sites excluding steroid dienone is 1. The Morgan fingerprint density at radius 1 is 1.35 bits per heavy atom. The van der Waals surface area contributed by atoms with Gasteiger partial charge in [-0.25, -0.2) is 9.18 Å². The Labute approximate surface area is 155 Å². The normalized spacial score (nSPS) is 16.8. The molecule has 5 nitrogen and oxygen atoms in total. The molecule has 1 N–H and O–H groups in total. The highest BCUT2D eigenvalue weighted by Crippen LogP contribution is 2.36. The Morgan fingerprint density at radius 2 is 2.15 bits per heavy atom. The number of ether oxygens (including phenoxy) is 1. The van der Waals surface area contributed by atoms with Crippen LogP contribution in [0.2, 0.25) is 5.02 Å². The topological polar surface area (TPSA) is 63.6 Å². The molecule has 0 bridgehead atoms. The Kier molecular flexibility index (Phi) is 5.32. The summed E-state index contributed by atoms with van der Waals surface area (Å²) in [6.45, 7) is 3.72. The first-order valence-electron chi connectivity index (χ1n) is 8.10. The number of rotatable bonds is 4. The quantitative estimate of drug-likeness (QED) is 0.828. The molecule has 2 heterocycles. The van der Waals surface area contributed by atoms with Gasteiger partial charge >= 0.3 is 5.97 Å². The third-order valence-corrected chi connectivity index (χ3v) is 4.23. The number of amidine groups is 1. The zero-order valence-corrected chi connectivity index (χ0v) is 15.0. The predicted molar refractivity (Wildman–Crippen MR) is 97.4 cm³/mol. The number of halogens is 2. The van der Waals surface area contributed by atoms with E-state index in [1.54, 1.807) is 32.2 Å². The van der Waals surface area contributed by atoms with Crippen molar-refractivity contribution in [3.05, 3.63) is 76.0 Å². The molecule has 0 saturated heterocycles. The summed E-state index contributed by atoms with van der Waals surface area (Å²) in [7, 11) is 0. The number of nitrogens with one attached hydrogen (secondary N) is 1. The second-order valence-electron chi connectivity index (χ2n) is 5.65. The van der Waals surface area contributed by atoms with Crippen LogP contribution in [-0.2, 0) is 9.53 Å². The molecule has 0 fully saturated rings. The number of nitrogens with zero attached hydrogens (tertiary/aromatic N) is 2. The van der Waals surface area contributed by atoms with Crippen molar-refractivity contribution in [3.8, 4) is 0 Å². The van der Waals surface area contributed by atoms with Gasteiger partial charge in [0, 0.05) is 22.5 Å². The van der Waals surface area contributed by atoms with Crippen LogP contribution in [0.25, 0.3) is 0 Å². The number of hydrogen-bond donors (Lipinski definition) is 1. The van der Waals surface area contributed by atoms with Crippen molar-refractivity contribution in [2.45, 2.75) is 19.9 Å². The van der Waals surface area contributed by atoms with E-state index in [1.165, 1.54) is 18.2 Å². The first-order chi connectivity index (χ1) is 12.5. The van der Waals surface area contributed by atoms with Crippen LogP contribution in [0.15, 0.2) is 58.9 Å². The lowest BCUT2D eigenvalue weighted by molar-refractivity contribution is -0.138. The fraction of sp³-hybridized carbons (Fsp3) is 0.211. The lowest BCUT2D eigenvalue weighted by Crippen LogP contribution is -2.33. The van der Waals surface area contributed by atoms with Crippen LogP contribution in [0.3, 0.4) is 0 Å². The van der Waals surface area contributed by atoms with Crippen LogP contribution in [0, 0.1) is 5.82 Å². The Balaban J connectivity index is 2.12. The van der Waals surface area contributed by atoms with Gasteiger partial charge < -0.3 is 10.1 Å². The second-order valence-corrected chi connectivity index (χ2v) is 6.05. The van der Waals surface area contributed by atoms with Crippen LogP contribution in [0.1, 0.15) is 31.1 Å². The van der Waals surface area contributed by atoms with Gasteiger partial charge in [0.1, 0.15) is 17.6 Å². The van der Waals surface area contributed by atoms with Crippen molar-refractivity contribution in [1.82, 2.24) is 10.3 Å². The lowest BCUT2D eigenvalue weighted by atomic mass is 9.95. The van der Waals surface area contributed by atoms with Crippen molar-refractivity contribution in [2.24, 2.45) is 4.99 Å². The first-order valence-corrected chi connectivity index (χ1v) is 8.48. The highest BCUT2D eigenvalue weighted by Gasteiger charge is 2.32. The van der Waals surface area contributed by atoms with Crippen LogP contribution < -0.4 is 5.32 Å². The molecular formula is C19H17ClFN3O2. The highest BCUT2D eigenvalue weighted by molar-refractivity contribution is 6.31. The molecule has 1 aromatic heterocycles. The molecule has 0 radical (unpaired) electrons. The third-order valence-electron chi connectivity index (χ3n) is 3.90. The summed E-state index contributed by atoms with van der Waals surface area (Å²) < 4.78 is 18.6. The molecule has 1 aromatic carbocycles. The third kappa shape index (κ3) is 3.60. The van der Waals surface area contributed by atoms with E-state index in [1.807, 2.05) is 6.07 Å². The molecule has 0 spiro atoms.